The molecular weight excluding hydrogens is 268 g/mol. The van der Waals surface area contributed by atoms with Crippen molar-refractivity contribution < 1.29 is 4.74 Å². The van der Waals surface area contributed by atoms with E-state index >= 15 is 0 Å². The largest absolute Gasteiger partial charge is 0.477 e. The van der Waals surface area contributed by atoms with Gasteiger partial charge in [0.25, 0.3) is 0 Å². The van der Waals surface area contributed by atoms with Crippen molar-refractivity contribution in [2.24, 2.45) is 0 Å². The molecule has 0 saturated carbocycles. The first kappa shape index (κ1) is 14.1. The third-order valence-electron chi connectivity index (χ3n) is 3.97. The number of nitrogens with zero attached hydrogens (tertiary/aromatic N) is 4. The van der Waals surface area contributed by atoms with Crippen molar-refractivity contribution in [2.45, 2.75) is 32.2 Å². The molecule has 1 atom stereocenters. The van der Waals surface area contributed by atoms with E-state index in [9.17, 15) is 0 Å². The number of rotatable bonds is 6. The maximum absolute atomic E-state index is 5.90. The quantitative estimate of drug-likeness (QED) is 0.842. The molecule has 0 radical (unpaired) electrons. The van der Waals surface area contributed by atoms with Gasteiger partial charge in [-0.2, -0.15) is 15.1 Å². The number of ether oxygens (including phenoxy) is 1. The van der Waals surface area contributed by atoms with Gasteiger partial charge in [0.1, 0.15) is 5.39 Å². The van der Waals surface area contributed by atoms with Crippen molar-refractivity contribution in [2.75, 3.05) is 32.1 Å². The van der Waals surface area contributed by atoms with E-state index in [0.717, 1.165) is 18.4 Å². The summed E-state index contributed by atoms with van der Waals surface area (Å²) in [5.41, 5.74) is 0.703. The zero-order chi connectivity index (χ0) is 14.7. The second-order valence-electron chi connectivity index (χ2n) is 5.43. The Labute approximate surface area is 124 Å². The predicted molar refractivity (Wildman–Crippen MR) is 81.6 cm³/mol. The van der Waals surface area contributed by atoms with E-state index in [-0.39, 0.29) is 0 Å². The molecule has 0 aliphatic carbocycles. The van der Waals surface area contributed by atoms with E-state index in [2.05, 4.69) is 37.4 Å². The van der Waals surface area contributed by atoms with Crippen molar-refractivity contribution in [3.8, 4) is 5.88 Å². The fourth-order valence-electron chi connectivity index (χ4n) is 2.79. The van der Waals surface area contributed by atoms with Crippen molar-refractivity contribution >= 4 is 17.0 Å². The van der Waals surface area contributed by atoms with Crippen LogP contribution in [0.25, 0.3) is 11.0 Å². The van der Waals surface area contributed by atoms with Crippen LogP contribution >= 0.6 is 0 Å². The molecule has 7 nitrogen and oxygen atoms in total. The van der Waals surface area contributed by atoms with Crippen LogP contribution in [-0.2, 0) is 0 Å². The van der Waals surface area contributed by atoms with Crippen LogP contribution in [0.3, 0.4) is 0 Å². The van der Waals surface area contributed by atoms with Crippen molar-refractivity contribution in [1.29, 1.82) is 0 Å². The molecule has 1 aliphatic heterocycles. The second kappa shape index (κ2) is 6.26. The van der Waals surface area contributed by atoms with E-state index < -0.39 is 0 Å². The summed E-state index contributed by atoms with van der Waals surface area (Å²) in [6.45, 7) is 4.63. The van der Waals surface area contributed by atoms with Gasteiger partial charge in [-0.05, 0) is 39.8 Å². The van der Waals surface area contributed by atoms with Crippen LogP contribution in [0.5, 0.6) is 5.88 Å². The molecule has 114 valence electrons. The van der Waals surface area contributed by atoms with E-state index in [1.807, 2.05) is 6.92 Å². The molecule has 2 aromatic rings. The topological polar surface area (TPSA) is 79.0 Å². The highest BCUT2D eigenvalue weighted by molar-refractivity contribution is 5.80. The SMILES string of the molecule is CCNc1nc(OCCC2CCCN2C)c2cn[nH]c2n1. The smallest absolute Gasteiger partial charge is 0.229 e. The van der Waals surface area contributed by atoms with E-state index in [1.165, 1.54) is 19.4 Å². The fraction of sp³-hybridized carbons (Fsp3) is 0.643. The van der Waals surface area contributed by atoms with Crippen LogP contribution in [0.2, 0.25) is 0 Å². The van der Waals surface area contributed by atoms with Gasteiger partial charge in [-0.25, -0.2) is 0 Å². The molecule has 21 heavy (non-hydrogen) atoms. The molecule has 2 aromatic heterocycles. The molecule has 3 rings (SSSR count). The van der Waals surface area contributed by atoms with E-state index in [0.29, 0.717) is 30.1 Å². The van der Waals surface area contributed by atoms with Crippen LogP contribution in [-0.4, -0.2) is 57.9 Å². The molecule has 3 heterocycles. The fourth-order valence-corrected chi connectivity index (χ4v) is 2.79. The third kappa shape index (κ3) is 3.07. The summed E-state index contributed by atoms with van der Waals surface area (Å²) in [6.07, 6.45) is 5.27. The van der Waals surface area contributed by atoms with Crippen LogP contribution in [0.4, 0.5) is 5.95 Å². The van der Waals surface area contributed by atoms with E-state index in [4.69, 9.17) is 4.74 Å². The zero-order valence-electron chi connectivity index (χ0n) is 12.6. The van der Waals surface area contributed by atoms with Crippen molar-refractivity contribution in [3.05, 3.63) is 6.20 Å². The van der Waals surface area contributed by atoms with Gasteiger partial charge in [0.15, 0.2) is 5.65 Å². The lowest BCUT2D eigenvalue weighted by Gasteiger charge is -2.19. The minimum Gasteiger partial charge on any atom is -0.477 e. The van der Waals surface area contributed by atoms with Crippen molar-refractivity contribution in [1.82, 2.24) is 25.1 Å². The first-order chi connectivity index (χ1) is 10.3. The molecule has 0 amide bonds. The monoisotopic (exact) mass is 290 g/mol. The Balaban J connectivity index is 1.68. The maximum atomic E-state index is 5.90. The van der Waals surface area contributed by atoms with Gasteiger partial charge < -0.3 is 15.0 Å². The molecule has 1 unspecified atom stereocenters. The molecule has 1 aliphatic rings. The standard InChI is InChI=1S/C14H22N6O/c1-3-15-14-17-12-11(9-16-19-12)13(18-14)21-8-6-10-5-4-7-20(10)2/h9-10H,3-8H2,1-2H3,(H2,15,16,17,18,19). The van der Waals surface area contributed by atoms with Crippen LogP contribution in [0.15, 0.2) is 6.20 Å². The predicted octanol–water partition coefficient (Wildman–Crippen LogP) is 1.65. The summed E-state index contributed by atoms with van der Waals surface area (Å²) in [7, 11) is 2.18. The lowest BCUT2D eigenvalue weighted by Crippen LogP contribution is -2.26. The Kier molecular flexibility index (Phi) is 4.19. The average Bonchev–Trinajstić information content (AvgIpc) is 3.08. The first-order valence-corrected chi connectivity index (χ1v) is 7.56. The Bertz CT molecular complexity index is 598. The number of nitrogens with one attached hydrogen (secondary N) is 2. The van der Waals surface area contributed by atoms with Gasteiger partial charge >= 0.3 is 0 Å². The summed E-state index contributed by atoms with van der Waals surface area (Å²) in [4.78, 5) is 11.2. The highest BCUT2D eigenvalue weighted by atomic mass is 16.5. The molecule has 0 aromatic carbocycles. The summed E-state index contributed by atoms with van der Waals surface area (Å²) < 4.78 is 5.90. The lowest BCUT2D eigenvalue weighted by molar-refractivity contribution is 0.230. The number of likely N-dealkylation sites (tertiary alicyclic amines) is 1. The number of hydrogen-bond donors (Lipinski definition) is 2. The molecular formula is C14H22N6O. The highest BCUT2D eigenvalue weighted by Gasteiger charge is 2.20. The van der Waals surface area contributed by atoms with Gasteiger partial charge in [0, 0.05) is 12.6 Å². The highest BCUT2D eigenvalue weighted by Crippen LogP contribution is 2.23. The molecule has 1 saturated heterocycles. The van der Waals surface area contributed by atoms with Gasteiger partial charge in [-0.3, -0.25) is 5.10 Å². The Morgan fingerprint density at radius 1 is 1.48 bits per heavy atom. The minimum absolute atomic E-state index is 0.572. The number of H-pyrrole nitrogens is 1. The van der Waals surface area contributed by atoms with Crippen LogP contribution in [0.1, 0.15) is 26.2 Å². The van der Waals surface area contributed by atoms with Crippen molar-refractivity contribution in [3.63, 3.8) is 0 Å². The second-order valence-corrected chi connectivity index (χ2v) is 5.43. The number of fused-ring (bicyclic) bond motifs is 1. The summed E-state index contributed by atoms with van der Waals surface area (Å²) in [5.74, 6) is 1.17. The molecule has 2 N–H and O–H groups in total. The zero-order valence-corrected chi connectivity index (χ0v) is 12.6. The minimum atomic E-state index is 0.572. The van der Waals surface area contributed by atoms with E-state index in [1.54, 1.807) is 6.20 Å². The molecule has 0 bridgehead atoms. The third-order valence-corrected chi connectivity index (χ3v) is 3.97. The normalized spacial score (nSPS) is 19.2. The molecule has 0 spiro atoms. The van der Waals surface area contributed by atoms with Crippen LogP contribution in [0, 0.1) is 0 Å². The van der Waals surface area contributed by atoms with Crippen LogP contribution < -0.4 is 10.1 Å². The first-order valence-electron chi connectivity index (χ1n) is 7.56. The summed E-state index contributed by atoms with van der Waals surface area (Å²) in [5, 5.41) is 10.8. The number of anilines is 1. The molecule has 7 heteroatoms. The average molecular weight is 290 g/mol. The number of aromatic amines is 1. The summed E-state index contributed by atoms with van der Waals surface area (Å²) in [6, 6.07) is 0.625. The Morgan fingerprint density at radius 2 is 2.38 bits per heavy atom. The molecule has 1 fully saturated rings. The Hall–Kier alpha value is -1.89. The summed E-state index contributed by atoms with van der Waals surface area (Å²) >= 11 is 0. The number of hydrogen-bond acceptors (Lipinski definition) is 6. The Morgan fingerprint density at radius 3 is 3.14 bits per heavy atom. The number of aromatic nitrogens is 4. The van der Waals surface area contributed by atoms with Gasteiger partial charge in [-0.15, -0.1) is 0 Å². The lowest BCUT2D eigenvalue weighted by atomic mass is 10.1. The van der Waals surface area contributed by atoms with Gasteiger partial charge in [0.2, 0.25) is 11.8 Å². The van der Waals surface area contributed by atoms with Gasteiger partial charge in [-0.1, -0.05) is 0 Å². The maximum Gasteiger partial charge on any atom is 0.229 e. The van der Waals surface area contributed by atoms with Gasteiger partial charge in [0.05, 0.1) is 12.8 Å².